The van der Waals surface area contributed by atoms with Crippen LogP contribution in [0.2, 0.25) is 5.02 Å². The normalized spacial score (nSPS) is 11.0. The molecule has 0 spiro atoms. The van der Waals surface area contributed by atoms with Crippen molar-refractivity contribution in [2.75, 3.05) is 5.32 Å². The fourth-order valence-electron chi connectivity index (χ4n) is 2.71. The van der Waals surface area contributed by atoms with Crippen LogP contribution >= 0.6 is 11.6 Å². The van der Waals surface area contributed by atoms with Gasteiger partial charge in [0, 0.05) is 42.6 Å². The summed E-state index contributed by atoms with van der Waals surface area (Å²) in [7, 11) is 0. The number of aryl methyl sites for hydroxylation is 1. The Labute approximate surface area is 150 Å². The van der Waals surface area contributed by atoms with Crippen LogP contribution in [0.15, 0.2) is 61.2 Å². The Bertz CT molecular complexity index is 1030. The van der Waals surface area contributed by atoms with E-state index in [4.69, 9.17) is 16.6 Å². The Morgan fingerprint density at radius 1 is 1.12 bits per heavy atom. The molecular formula is C19H16ClN5. The lowest BCUT2D eigenvalue weighted by Crippen LogP contribution is -2.05. The molecule has 4 aromatic rings. The van der Waals surface area contributed by atoms with E-state index in [0.717, 1.165) is 34.0 Å². The number of halogens is 1. The van der Waals surface area contributed by atoms with Gasteiger partial charge >= 0.3 is 0 Å². The van der Waals surface area contributed by atoms with Crippen LogP contribution in [0.4, 0.5) is 5.82 Å². The van der Waals surface area contributed by atoms with Gasteiger partial charge in [0.15, 0.2) is 11.5 Å². The van der Waals surface area contributed by atoms with Crippen molar-refractivity contribution in [2.24, 2.45) is 0 Å². The van der Waals surface area contributed by atoms with E-state index in [1.54, 1.807) is 6.20 Å². The number of anilines is 1. The van der Waals surface area contributed by atoms with Crippen LogP contribution in [0.3, 0.4) is 0 Å². The minimum absolute atomic E-state index is 0.619. The molecule has 0 aliphatic carbocycles. The molecule has 25 heavy (non-hydrogen) atoms. The molecule has 1 aromatic carbocycles. The highest BCUT2D eigenvalue weighted by atomic mass is 35.5. The molecule has 0 saturated carbocycles. The highest BCUT2D eigenvalue weighted by molar-refractivity contribution is 6.33. The zero-order chi connectivity index (χ0) is 17.2. The number of hydrogen-bond acceptors (Lipinski definition) is 4. The number of aromatic nitrogens is 4. The molecule has 0 aliphatic heterocycles. The quantitative estimate of drug-likeness (QED) is 0.594. The average Bonchev–Trinajstić information content (AvgIpc) is 3.02. The van der Waals surface area contributed by atoms with Gasteiger partial charge in [-0.3, -0.25) is 9.38 Å². The van der Waals surface area contributed by atoms with Crippen LogP contribution < -0.4 is 5.32 Å². The fraction of sp³-hybridized carbons (Fsp3) is 0.105. The van der Waals surface area contributed by atoms with E-state index in [2.05, 4.69) is 15.3 Å². The fourth-order valence-corrected chi connectivity index (χ4v) is 2.94. The molecule has 0 unspecified atom stereocenters. The monoisotopic (exact) mass is 349 g/mol. The SMILES string of the molecule is Cc1cnc2c(NCc3cccnc3)nc(-c3ccccc3Cl)cn12. The van der Waals surface area contributed by atoms with Crippen LogP contribution in [0.5, 0.6) is 0 Å². The summed E-state index contributed by atoms with van der Waals surface area (Å²) in [6, 6.07) is 11.6. The van der Waals surface area contributed by atoms with Crippen molar-refractivity contribution in [3.05, 3.63) is 77.5 Å². The topological polar surface area (TPSA) is 55.1 Å². The van der Waals surface area contributed by atoms with E-state index < -0.39 is 0 Å². The van der Waals surface area contributed by atoms with Gasteiger partial charge in [-0.25, -0.2) is 9.97 Å². The Morgan fingerprint density at radius 3 is 2.80 bits per heavy atom. The Hall–Kier alpha value is -2.92. The van der Waals surface area contributed by atoms with E-state index >= 15 is 0 Å². The minimum atomic E-state index is 0.619. The lowest BCUT2D eigenvalue weighted by Gasteiger charge is -2.11. The maximum Gasteiger partial charge on any atom is 0.180 e. The highest BCUT2D eigenvalue weighted by Crippen LogP contribution is 2.28. The molecule has 0 fully saturated rings. The molecule has 6 heteroatoms. The number of benzene rings is 1. The first-order valence-corrected chi connectivity index (χ1v) is 8.32. The third-order valence-electron chi connectivity index (χ3n) is 4.01. The van der Waals surface area contributed by atoms with Gasteiger partial charge < -0.3 is 5.32 Å². The summed E-state index contributed by atoms with van der Waals surface area (Å²) >= 11 is 6.36. The van der Waals surface area contributed by atoms with Gasteiger partial charge in [-0.15, -0.1) is 0 Å². The molecule has 3 heterocycles. The molecule has 0 radical (unpaired) electrons. The van der Waals surface area contributed by atoms with E-state index in [-0.39, 0.29) is 0 Å². The number of pyridine rings is 1. The van der Waals surface area contributed by atoms with Crippen molar-refractivity contribution in [1.82, 2.24) is 19.4 Å². The third-order valence-corrected chi connectivity index (χ3v) is 4.34. The molecule has 0 atom stereocenters. The average molecular weight is 350 g/mol. The minimum Gasteiger partial charge on any atom is -0.363 e. The lowest BCUT2D eigenvalue weighted by atomic mass is 10.1. The van der Waals surface area contributed by atoms with Gasteiger partial charge in [-0.1, -0.05) is 35.9 Å². The maximum absolute atomic E-state index is 6.36. The van der Waals surface area contributed by atoms with Crippen molar-refractivity contribution in [1.29, 1.82) is 0 Å². The Morgan fingerprint density at radius 2 is 2.00 bits per heavy atom. The number of nitrogens with zero attached hydrogens (tertiary/aromatic N) is 4. The predicted octanol–water partition coefficient (Wildman–Crippen LogP) is 4.37. The zero-order valence-corrected chi connectivity index (χ0v) is 14.4. The largest absolute Gasteiger partial charge is 0.363 e. The third kappa shape index (κ3) is 3.06. The lowest BCUT2D eigenvalue weighted by molar-refractivity contribution is 1.04. The van der Waals surface area contributed by atoms with Crippen LogP contribution in [0, 0.1) is 6.92 Å². The van der Waals surface area contributed by atoms with Gasteiger partial charge in [0.2, 0.25) is 0 Å². The summed E-state index contributed by atoms with van der Waals surface area (Å²) in [5.74, 6) is 0.717. The summed E-state index contributed by atoms with van der Waals surface area (Å²) < 4.78 is 2.03. The molecule has 0 aliphatic rings. The maximum atomic E-state index is 6.36. The molecule has 3 aromatic heterocycles. The summed E-state index contributed by atoms with van der Waals surface area (Å²) in [6.45, 7) is 2.63. The second-order valence-corrected chi connectivity index (χ2v) is 6.17. The second-order valence-electron chi connectivity index (χ2n) is 5.76. The standard InChI is InChI=1S/C19H16ClN5/c1-13-9-23-19-18(22-11-14-5-4-8-21-10-14)24-17(12-25(13)19)15-6-2-3-7-16(15)20/h2-10,12H,11H2,1H3,(H,22,24). The van der Waals surface area contributed by atoms with Crippen molar-refractivity contribution in [3.63, 3.8) is 0 Å². The van der Waals surface area contributed by atoms with Crippen LogP contribution in [0.1, 0.15) is 11.3 Å². The predicted molar refractivity (Wildman–Crippen MR) is 99.7 cm³/mol. The van der Waals surface area contributed by atoms with Crippen LogP contribution in [0.25, 0.3) is 16.9 Å². The number of imidazole rings is 1. The van der Waals surface area contributed by atoms with Crippen molar-refractivity contribution in [2.45, 2.75) is 13.5 Å². The first kappa shape index (κ1) is 15.6. The number of nitrogens with one attached hydrogen (secondary N) is 1. The van der Waals surface area contributed by atoms with Crippen molar-refractivity contribution >= 4 is 23.1 Å². The molecule has 124 valence electrons. The van der Waals surface area contributed by atoms with E-state index in [1.807, 2.05) is 66.3 Å². The van der Waals surface area contributed by atoms with E-state index in [0.29, 0.717) is 11.6 Å². The van der Waals surface area contributed by atoms with Gasteiger partial charge in [0.25, 0.3) is 0 Å². The Balaban J connectivity index is 1.78. The summed E-state index contributed by atoms with van der Waals surface area (Å²) in [4.78, 5) is 13.4. The van der Waals surface area contributed by atoms with Gasteiger partial charge in [0.05, 0.1) is 10.7 Å². The van der Waals surface area contributed by atoms with E-state index in [9.17, 15) is 0 Å². The molecule has 0 amide bonds. The summed E-state index contributed by atoms with van der Waals surface area (Å²) in [5, 5.41) is 4.04. The van der Waals surface area contributed by atoms with Crippen molar-refractivity contribution < 1.29 is 0 Å². The number of rotatable bonds is 4. The molecule has 0 bridgehead atoms. The van der Waals surface area contributed by atoms with Crippen LogP contribution in [-0.4, -0.2) is 19.4 Å². The molecule has 1 N–H and O–H groups in total. The molecule has 4 rings (SSSR count). The highest BCUT2D eigenvalue weighted by Gasteiger charge is 2.12. The van der Waals surface area contributed by atoms with Crippen LogP contribution in [-0.2, 0) is 6.54 Å². The Kier molecular flexibility index (Phi) is 4.07. The molecular weight excluding hydrogens is 334 g/mol. The van der Waals surface area contributed by atoms with Crippen molar-refractivity contribution in [3.8, 4) is 11.3 Å². The van der Waals surface area contributed by atoms with Gasteiger partial charge in [-0.05, 0) is 24.6 Å². The summed E-state index contributed by atoms with van der Waals surface area (Å²) in [6.07, 6.45) is 7.39. The van der Waals surface area contributed by atoms with Gasteiger partial charge in [0.1, 0.15) is 0 Å². The second kappa shape index (κ2) is 6.53. The first-order chi connectivity index (χ1) is 12.2. The molecule has 5 nitrogen and oxygen atoms in total. The number of fused-ring (bicyclic) bond motifs is 1. The smallest absolute Gasteiger partial charge is 0.180 e. The zero-order valence-electron chi connectivity index (χ0n) is 13.6. The molecule has 0 saturated heterocycles. The van der Waals surface area contributed by atoms with Gasteiger partial charge in [-0.2, -0.15) is 0 Å². The van der Waals surface area contributed by atoms with E-state index in [1.165, 1.54) is 0 Å². The first-order valence-electron chi connectivity index (χ1n) is 7.95. The number of hydrogen-bond donors (Lipinski definition) is 1. The summed E-state index contributed by atoms with van der Waals surface area (Å²) in [5.41, 5.74) is 4.60.